The Morgan fingerprint density at radius 1 is 1.15 bits per heavy atom. The highest BCUT2D eigenvalue weighted by molar-refractivity contribution is 5.95. The summed E-state index contributed by atoms with van der Waals surface area (Å²) in [4.78, 5) is 20.2. The molecule has 0 fully saturated rings. The number of esters is 1. The molecule has 0 aliphatic heterocycles. The summed E-state index contributed by atoms with van der Waals surface area (Å²) in [6.45, 7) is 0.443. The van der Waals surface area contributed by atoms with Crippen LogP contribution in [0.5, 0.6) is 34.8 Å². The molecule has 14 heteroatoms. The molecule has 2 heterocycles. The Kier molecular flexibility index (Phi) is 8.63. The number of phenolic OH excluding ortho intramolecular Hbond substituents is 1. The second-order valence-corrected chi connectivity index (χ2v) is 8.41. The number of carbonyl (C=O) groups is 1. The summed E-state index contributed by atoms with van der Waals surface area (Å²) in [7, 11) is 1.78. The van der Waals surface area contributed by atoms with Gasteiger partial charge in [0.05, 0.1) is 13.2 Å². The van der Waals surface area contributed by atoms with Gasteiger partial charge in [0, 0.05) is 30.6 Å². The summed E-state index contributed by atoms with van der Waals surface area (Å²) in [5.74, 6) is -7.55. The number of amidine groups is 1. The van der Waals surface area contributed by atoms with Crippen LogP contribution in [0.15, 0.2) is 54.9 Å². The number of ether oxygens (including phenoxy) is 4. The number of hydrogen-bond donors (Lipinski definition) is 4. The number of nitrogens with zero attached hydrogens (tertiary/aromatic N) is 3. The fourth-order valence-electron chi connectivity index (χ4n) is 3.58. The summed E-state index contributed by atoms with van der Waals surface area (Å²) in [6, 6.07) is 9.97. The van der Waals surface area contributed by atoms with Crippen molar-refractivity contribution in [3.8, 4) is 46.1 Å². The molecule has 0 aliphatic carbocycles. The number of aryl methyl sites for hydroxylation is 1. The Balaban J connectivity index is 1.79. The number of phenols is 1. The summed E-state index contributed by atoms with van der Waals surface area (Å²) in [5, 5.41) is 27.4. The third-order valence-corrected chi connectivity index (χ3v) is 5.56. The van der Waals surface area contributed by atoms with Crippen molar-refractivity contribution >= 4 is 11.8 Å². The van der Waals surface area contributed by atoms with Crippen molar-refractivity contribution < 1.29 is 42.7 Å². The van der Waals surface area contributed by atoms with Gasteiger partial charge in [0.2, 0.25) is 23.5 Å². The van der Waals surface area contributed by atoms with Crippen LogP contribution in [0.25, 0.3) is 11.4 Å². The zero-order chi connectivity index (χ0) is 29.7. The first kappa shape index (κ1) is 28.8. The molecular formula is C27H25F2N5O7. The average Bonchev–Trinajstić information content (AvgIpc) is 3.38. The first-order chi connectivity index (χ1) is 19.6. The van der Waals surface area contributed by atoms with Gasteiger partial charge in [0.25, 0.3) is 11.8 Å². The SMILES string of the molecule is CCOC(=O)C(CO)Oc1c(F)c(Oc2cccc(-c3nccn3C)c2)nc(Oc2cc(C(=N)N)ccc2O)c1F. The monoisotopic (exact) mass is 569 g/mol. The molecule has 2 aromatic heterocycles. The number of nitrogen functional groups attached to an aromatic ring is 1. The lowest BCUT2D eigenvalue weighted by molar-refractivity contribution is -0.153. The van der Waals surface area contributed by atoms with Crippen LogP contribution in [0.1, 0.15) is 12.5 Å². The van der Waals surface area contributed by atoms with Crippen LogP contribution in [0, 0.1) is 17.0 Å². The Hall–Kier alpha value is -5.24. The van der Waals surface area contributed by atoms with Gasteiger partial charge in [0.15, 0.2) is 11.5 Å². The normalized spacial score (nSPS) is 11.5. The molecule has 5 N–H and O–H groups in total. The number of pyridine rings is 1. The van der Waals surface area contributed by atoms with Gasteiger partial charge < -0.3 is 39.5 Å². The number of aromatic nitrogens is 3. The van der Waals surface area contributed by atoms with E-state index in [0.717, 1.165) is 12.1 Å². The molecule has 0 spiro atoms. The second kappa shape index (κ2) is 12.3. The van der Waals surface area contributed by atoms with Crippen LogP contribution in [0.4, 0.5) is 8.78 Å². The predicted octanol–water partition coefficient (Wildman–Crippen LogP) is 3.64. The van der Waals surface area contributed by atoms with Crippen LogP contribution >= 0.6 is 0 Å². The van der Waals surface area contributed by atoms with Gasteiger partial charge in [-0.3, -0.25) is 5.41 Å². The highest BCUT2D eigenvalue weighted by atomic mass is 19.1. The van der Waals surface area contributed by atoms with Crippen molar-refractivity contribution in [3.05, 3.63) is 72.1 Å². The van der Waals surface area contributed by atoms with Gasteiger partial charge in [-0.1, -0.05) is 12.1 Å². The highest BCUT2D eigenvalue weighted by Gasteiger charge is 2.31. The number of aromatic hydroxyl groups is 1. The van der Waals surface area contributed by atoms with Gasteiger partial charge >= 0.3 is 5.97 Å². The maximum atomic E-state index is 15.6. The largest absolute Gasteiger partial charge is 0.504 e. The summed E-state index contributed by atoms with van der Waals surface area (Å²) >= 11 is 0. The zero-order valence-electron chi connectivity index (χ0n) is 21.8. The molecule has 0 radical (unpaired) electrons. The number of carbonyl (C=O) groups excluding carboxylic acids is 1. The third kappa shape index (κ3) is 6.33. The predicted molar refractivity (Wildman–Crippen MR) is 140 cm³/mol. The minimum absolute atomic E-state index is 0.0749. The summed E-state index contributed by atoms with van der Waals surface area (Å²) in [6.07, 6.45) is 1.52. The highest BCUT2D eigenvalue weighted by Crippen LogP contribution is 2.40. The van der Waals surface area contributed by atoms with Gasteiger partial charge in [0.1, 0.15) is 17.4 Å². The molecule has 2 aromatic carbocycles. The van der Waals surface area contributed by atoms with Crippen LogP contribution in [-0.4, -0.2) is 55.9 Å². The third-order valence-electron chi connectivity index (χ3n) is 5.56. The smallest absolute Gasteiger partial charge is 0.349 e. The van der Waals surface area contributed by atoms with Crippen LogP contribution < -0.4 is 19.9 Å². The molecule has 41 heavy (non-hydrogen) atoms. The van der Waals surface area contributed by atoms with Gasteiger partial charge in [-0.25, -0.2) is 9.78 Å². The van der Waals surface area contributed by atoms with E-state index in [1.165, 1.54) is 25.1 Å². The van der Waals surface area contributed by atoms with Crippen molar-refractivity contribution in [2.45, 2.75) is 13.0 Å². The Morgan fingerprint density at radius 2 is 1.88 bits per heavy atom. The molecule has 0 saturated heterocycles. The molecule has 0 bridgehead atoms. The molecule has 0 saturated carbocycles. The standard InChI is InChI=1S/C27H25F2N5O7/c1-3-38-27(37)19(13-35)40-22-20(28)25(39-16-6-4-5-15(11-16)24-32-9-10-34(24)2)33-26(21(22)29)41-18-12-14(23(30)31)7-8-17(18)36/h4-12,19,35-36H,3,13H2,1-2H3,(H3,30,31). The van der Waals surface area contributed by atoms with E-state index in [2.05, 4.69) is 9.97 Å². The zero-order valence-corrected chi connectivity index (χ0v) is 21.8. The van der Waals surface area contributed by atoms with E-state index in [-0.39, 0.29) is 29.5 Å². The molecule has 12 nitrogen and oxygen atoms in total. The number of benzene rings is 2. The van der Waals surface area contributed by atoms with E-state index in [9.17, 15) is 15.0 Å². The molecular weight excluding hydrogens is 544 g/mol. The van der Waals surface area contributed by atoms with E-state index in [4.69, 9.17) is 30.1 Å². The lowest BCUT2D eigenvalue weighted by Gasteiger charge is -2.19. The Labute approximate surface area is 232 Å². The summed E-state index contributed by atoms with van der Waals surface area (Å²) < 4.78 is 54.0. The van der Waals surface area contributed by atoms with E-state index < -0.39 is 53.6 Å². The minimum atomic E-state index is -1.80. The average molecular weight is 570 g/mol. The number of hydrogen-bond acceptors (Lipinski definition) is 10. The first-order valence-electron chi connectivity index (χ1n) is 12.1. The number of aliphatic hydroxyl groups excluding tert-OH is 1. The maximum Gasteiger partial charge on any atom is 0.349 e. The fourth-order valence-corrected chi connectivity index (χ4v) is 3.58. The van der Waals surface area contributed by atoms with Crippen molar-refractivity contribution in [1.29, 1.82) is 5.41 Å². The quantitative estimate of drug-likeness (QED) is 0.119. The summed E-state index contributed by atoms with van der Waals surface area (Å²) in [5.41, 5.74) is 6.22. The number of halogens is 2. The lowest BCUT2D eigenvalue weighted by Crippen LogP contribution is -2.33. The molecule has 1 unspecified atom stereocenters. The molecule has 4 aromatic rings. The van der Waals surface area contributed by atoms with Crippen molar-refractivity contribution in [2.24, 2.45) is 12.8 Å². The van der Waals surface area contributed by atoms with E-state index in [1.54, 1.807) is 36.1 Å². The van der Waals surface area contributed by atoms with Crippen molar-refractivity contribution in [2.75, 3.05) is 13.2 Å². The van der Waals surface area contributed by atoms with Gasteiger partial charge in [-0.2, -0.15) is 13.8 Å². The van der Waals surface area contributed by atoms with Gasteiger partial charge in [-0.15, -0.1) is 0 Å². The topological polar surface area (TPSA) is 175 Å². The van der Waals surface area contributed by atoms with Crippen LogP contribution in [-0.2, 0) is 16.6 Å². The number of aliphatic hydroxyl groups is 1. The number of rotatable bonds is 11. The molecule has 0 amide bonds. The Bertz CT molecular complexity index is 1590. The van der Waals surface area contributed by atoms with Gasteiger partial charge in [-0.05, 0) is 37.3 Å². The molecule has 4 rings (SSSR count). The maximum absolute atomic E-state index is 15.6. The Morgan fingerprint density at radius 3 is 2.51 bits per heavy atom. The first-order valence-corrected chi connectivity index (χ1v) is 12.1. The molecule has 0 aliphatic rings. The van der Waals surface area contributed by atoms with Crippen LogP contribution in [0.2, 0.25) is 0 Å². The number of nitrogens with two attached hydrogens (primary N) is 1. The van der Waals surface area contributed by atoms with Crippen molar-refractivity contribution in [1.82, 2.24) is 14.5 Å². The fraction of sp³-hybridized carbons (Fsp3) is 0.185. The molecule has 214 valence electrons. The van der Waals surface area contributed by atoms with Crippen molar-refractivity contribution in [3.63, 3.8) is 0 Å². The number of imidazole rings is 1. The minimum Gasteiger partial charge on any atom is -0.504 e. The van der Waals surface area contributed by atoms with E-state index >= 15 is 8.78 Å². The second-order valence-electron chi connectivity index (χ2n) is 8.41. The lowest BCUT2D eigenvalue weighted by atomic mass is 10.2. The number of nitrogens with one attached hydrogen (secondary N) is 1. The van der Waals surface area contributed by atoms with Crippen LogP contribution in [0.3, 0.4) is 0 Å². The molecule has 1 atom stereocenters. The van der Waals surface area contributed by atoms with E-state index in [1.807, 2.05) is 0 Å². The van der Waals surface area contributed by atoms with E-state index in [0.29, 0.717) is 11.4 Å².